The summed E-state index contributed by atoms with van der Waals surface area (Å²) >= 11 is 0. The molecule has 7 heteroatoms. The Balaban J connectivity index is 1.95. The lowest BCUT2D eigenvalue weighted by molar-refractivity contribution is -0.153. The molecule has 0 N–H and O–H groups in total. The van der Waals surface area contributed by atoms with Crippen molar-refractivity contribution < 1.29 is 19.1 Å². The molecule has 1 aromatic heterocycles. The van der Waals surface area contributed by atoms with E-state index < -0.39 is 17.9 Å². The number of carbonyl (C=O) groups is 2. The predicted molar refractivity (Wildman–Crippen MR) is 127 cm³/mol. The van der Waals surface area contributed by atoms with Crippen molar-refractivity contribution in [1.82, 2.24) is 9.55 Å². The molecule has 0 spiro atoms. The van der Waals surface area contributed by atoms with Crippen molar-refractivity contribution in [3.8, 4) is 5.75 Å². The Hall–Kier alpha value is -3.35. The summed E-state index contributed by atoms with van der Waals surface area (Å²) in [5.74, 6) is -0.153. The zero-order valence-electron chi connectivity index (χ0n) is 19.7. The van der Waals surface area contributed by atoms with E-state index in [-0.39, 0.29) is 12.5 Å². The third-order valence-corrected chi connectivity index (χ3v) is 5.93. The van der Waals surface area contributed by atoms with E-state index in [1.807, 2.05) is 60.0 Å². The van der Waals surface area contributed by atoms with Gasteiger partial charge in [-0.3, -0.25) is 14.5 Å². The van der Waals surface area contributed by atoms with Crippen molar-refractivity contribution in [2.45, 2.75) is 40.2 Å². The van der Waals surface area contributed by atoms with Crippen LogP contribution in [0.1, 0.15) is 45.7 Å². The number of aromatic nitrogens is 2. The first-order chi connectivity index (χ1) is 16.0. The van der Waals surface area contributed by atoms with Gasteiger partial charge in [0.1, 0.15) is 5.75 Å². The number of hydrogen-bond donors (Lipinski definition) is 0. The van der Waals surface area contributed by atoms with Crippen LogP contribution in [0.5, 0.6) is 5.75 Å². The minimum absolute atomic E-state index is 0.206. The number of para-hydroxylation sites is 2. The molecular formula is C26H31N3O4. The van der Waals surface area contributed by atoms with Crippen molar-refractivity contribution in [3.05, 3.63) is 54.1 Å². The zero-order valence-corrected chi connectivity index (χ0v) is 19.7. The van der Waals surface area contributed by atoms with Crippen LogP contribution < -0.4 is 9.64 Å². The summed E-state index contributed by atoms with van der Waals surface area (Å²) in [7, 11) is 0. The lowest BCUT2D eigenvalue weighted by Gasteiger charge is -2.38. The Labute approximate surface area is 194 Å². The standard InChI is InChI=1S/C26H31N3O4/c1-5-32-19-11-9-10-18(16-19)23-22(25(31)33-6-2)24(30)28(15-14-17(3)4)26-27-20-12-7-8-13-21(20)29(23)26/h7-13,16-17,22-23H,5-6,14-15H2,1-4H3/t22-,23-/m1/s1. The van der Waals surface area contributed by atoms with Gasteiger partial charge in [-0.15, -0.1) is 0 Å². The molecule has 2 atom stereocenters. The third kappa shape index (κ3) is 4.32. The van der Waals surface area contributed by atoms with E-state index in [1.165, 1.54) is 0 Å². The normalized spacial score (nSPS) is 18.0. The number of nitrogens with zero attached hydrogens (tertiary/aromatic N) is 3. The maximum atomic E-state index is 13.8. The van der Waals surface area contributed by atoms with Crippen LogP contribution in [0.3, 0.4) is 0 Å². The van der Waals surface area contributed by atoms with Gasteiger partial charge in [0.05, 0.1) is 30.3 Å². The van der Waals surface area contributed by atoms with Crippen molar-refractivity contribution >= 4 is 28.9 Å². The monoisotopic (exact) mass is 449 g/mol. The SMILES string of the molecule is CCOC(=O)[C@H]1C(=O)N(CCC(C)C)c2nc3ccccc3n2[C@@H]1c1cccc(OCC)c1. The maximum Gasteiger partial charge on any atom is 0.321 e. The molecule has 2 heterocycles. The van der Waals surface area contributed by atoms with Gasteiger partial charge in [-0.05, 0) is 56.0 Å². The van der Waals surface area contributed by atoms with Crippen LogP contribution in [0.4, 0.5) is 5.95 Å². The molecule has 7 nitrogen and oxygen atoms in total. The number of benzene rings is 2. The molecule has 4 rings (SSSR count). The lowest BCUT2D eigenvalue weighted by atomic mass is 9.89. The molecule has 0 fully saturated rings. The first-order valence-electron chi connectivity index (χ1n) is 11.6. The largest absolute Gasteiger partial charge is 0.494 e. The molecule has 1 aliphatic heterocycles. The van der Waals surface area contributed by atoms with Gasteiger partial charge in [0.15, 0.2) is 5.92 Å². The van der Waals surface area contributed by atoms with E-state index in [0.717, 1.165) is 23.0 Å². The number of rotatable bonds is 8. The minimum atomic E-state index is -1.01. The van der Waals surface area contributed by atoms with Crippen molar-refractivity contribution in [2.75, 3.05) is 24.7 Å². The lowest BCUT2D eigenvalue weighted by Crippen LogP contribution is -2.50. The molecule has 0 unspecified atom stereocenters. The van der Waals surface area contributed by atoms with Crippen molar-refractivity contribution in [1.29, 1.82) is 0 Å². The smallest absolute Gasteiger partial charge is 0.321 e. The molecule has 0 radical (unpaired) electrons. The second-order valence-corrected chi connectivity index (χ2v) is 8.62. The van der Waals surface area contributed by atoms with Gasteiger partial charge >= 0.3 is 5.97 Å². The summed E-state index contributed by atoms with van der Waals surface area (Å²) in [6.45, 7) is 9.12. The van der Waals surface area contributed by atoms with Crippen LogP contribution >= 0.6 is 0 Å². The van der Waals surface area contributed by atoms with Gasteiger partial charge in [0.25, 0.3) is 0 Å². The van der Waals surface area contributed by atoms with E-state index in [9.17, 15) is 9.59 Å². The third-order valence-electron chi connectivity index (χ3n) is 5.93. The van der Waals surface area contributed by atoms with Crippen LogP contribution in [0.15, 0.2) is 48.5 Å². The van der Waals surface area contributed by atoms with Gasteiger partial charge in [0.2, 0.25) is 11.9 Å². The number of hydrogen-bond acceptors (Lipinski definition) is 5. The fraction of sp³-hybridized carbons (Fsp3) is 0.423. The topological polar surface area (TPSA) is 73.7 Å². The number of esters is 1. The van der Waals surface area contributed by atoms with E-state index in [0.29, 0.717) is 30.8 Å². The molecule has 174 valence electrons. The highest BCUT2D eigenvalue weighted by molar-refractivity contribution is 6.08. The van der Waals surface area contributed by atoms with Gasteiger partial charge in [-0.2, -0.15) is 0 Å². The molecule has 0 saturated heterocycles. The fourth-order valence-corrected chi connectivity index (χ4v) is 4.40. The molecular weight excluding hydrogens is 418 g/mol. The summed E-state index contributed by atoms with van der Waals surface area (Å²) < 4.78 is 13.1. The van der Waals surface area contributed by atoms with Crippen LogP contribution in [-0.4, -0.2) is 41.2 Å². The summed E-state index contributed by atoms with van der Waals surface area (Å²) in [5, 5.41) is 0. The molecule has 1 aliphatic rings. The van der Waals surface area contributed by atoms with Crippen molar-refractivity contribution in [3.63, 3.8) is 0 Å². The number of imidazole rings is 1. The molecule has 2 aromatic carbocycles. The average molecular weight is 450 g/mol. The van der Waals surface area contributed by atoms with Crippen LogP contribution in [0.25, 0.3) is 11.0 Å². The van der Waals surface area contributed by atoms with Gasteiger partial charge in [-0.25, -0.2) is 4.98 Å². The quantitative estimate of drug-likeness (QED) is 0.371. The van der Waals surface area contributed by atoms with Crippen LogP contribution in [0, 0.1) is 11.8 Å². The summed E-state index contributed by atoms with van der Waals surface area (Å²) in [4.78, 5) is 33.5. The fourth-order valence-electron chi connectivity index (χ4n) is 4.40. The van der Waals surface area contributed by atoms with E-state index >= 15 is 0 Å². The molecule has 0 saturated carbocycles. The number of anilines is 1. The van der Waals surface area contributed by atoms with Gasteiger partial charge < -0.3 is 14.0 Å². The number of fused-ring (bicyclic) bond motifs is 3. The van der Waals surface area contributed by atoms with E-state index in [4.69, 9.17) is 14.5 Å². The first-order valence-corrected chi connectivity index (χ1v) is 11.6. The zero-order chi connectivity index (χ0) is 23.5. The number of amides is 1. The summed E-state index contributed by atoms with van der Waals surface area (Å²) in [5.41, 5.74) is 2.46. The highest BCUT2D eigenvalue weighted by Crippen LogP contribution is 2.42. The second-order valence-electron chi connectivity index (χ2n) is 8.62. The second kappa shape index (κ2) is 9.65. The Morgan fingerprint density at radius 2 is 1.88 bits per heavy atom. The summed E-state index contributed by atoms with van der Waals surface area (Å²) in [6.07, 6.45) is 0.801. The predicted octanol–water partition coefficient (Wildman–Crippen LogP) is 4.60. The van der Waals surface area contributed by atoms with E-state index in [2.05, 4.69) is 13.8 Å². The highest BCUT2D eigenvalue weighted by Gasteiger charge is 2.47. The number of ether oxygens (including phenoxy) is 2. The Bertz CT molecular complexity index is 1150. The van der Waals surface area contributed by atoms with Crippen LogP contribution in [-0.2, 0) is 14.3 Å². The number of carbonyl (C=O) groups excluding carboxylic acids is 2. The molecule has 3 aromatic rings. The van der Waals surface area contributed by atoms with Crippen LogP contribution in [0.2, 0.25) is 0 Å². The molecule has 0 bridgehead atoms. The van der Waals surface area contributed by atoms with Crippen molar-refractivity contribution in [2.24, 2.45) is 11.8 Å². The summed E-state index contributed by atoms with van der Waals surface area (Å²) in [6, 6.07) is 14.8. The minimum Gasteiger partial charge on any atom is -0.494 e. The van der Waals surface area contributed by atoms with Gasteiger partial charge in [-0.1, -0.05) is 38.1 Å². The molecule has 0 aliphatic carbocycles. The van der Waals surface area contributed by atoms with Gasteiger partial charge in [0, 0.05) is 6.54 Å². The first kappa shape index (κ1) is 22.8. The van der Waals surface area contributed by atoms with E-state index in [1.54, 1.807) is 11.8 Å². The maximum absolute atomic E-state index is 13.8. The molecule has 33 heavy (non-hydrogen) atoms. The Morgan fingerprint density at radius 1 is 1.09 bits per heavy atom. The Kier molecular flexibility index (Phi) is 6.67. The molecule has 1 amide bonds. The Morgan fingerprint density at radius 3 is 2.61 bits per heavy atom. The average Bonchev–Trinajstić information content (AvgIpc) is 3.17. The highest BCUT2D eigenvalue weighted by atomic mass is 16.5.